The van der Waals surface area contributed by atoms with Crippen LogP contribution in [-0.2, 0) is 0 Å². The van der Waals surface area contributed by atoms with Gasteiger partial charge >= 0.3 is 0 Å². The maximum atomic E-state index is 5.96. The average Bonchev–Trinajstić information content (AvgIpc) is 2.41. The summed E-state index contributed by atoms with van der Waals surface area (Å²) in [5, 5.41) is 1.90. The highest BCUT2D eigenvalue weighted by Crippen LogP contribution is 2.27. The van der Waals surface area contributed by atoms with Crippen molar-refractivity contribution >= 4 is 45.1 Å². The molecule has 0 atom stereocenters. The lowest BCUT2D eigenvalue weighted by Gasteiger charge is -1.98. The Morgan fingerprint density at radius 2 is 2.17 bits per heavy atom. The zero-order valence-electron chi connectivity index (χ0n) is 6.49. The molecule has 1 aromatic heterocycles. The predicted molar refractivity (Wildman–Crippen MR) is 60.8 cm³/mol. The third kappa shape index (κ3) is 1.13. The first-order valence-electron chi connectivity index (χ1n) is 3.62. The summed E-state index contributed by atoms with van der Waals surface area (Å²) in [7, 11) is 0. The maximum absolute atomic E-state index is 5.96. The lowest BCUT2D eigenvalue weighted by molar-refractivity contribution is 1.40. The van der Waals surface area contributed by atoms with Gasteiger partial charge in [0.15, 0.2) is 0 Å². The first-order valence-corrected chi connectivity index (χ1v) is 5.07. The Morgan fingerprint density at radius 3 is 2.92 bits per heavy atom. The highest BCUT2D eigenvalue weighted by atomic mass is 127. The molecule has 0 saturated carbocycles. The Kier molecular flexibility index (Phi) is 2.04. The number of aromatic nitrogens is 1. The molecule has 1 nitrogen and oxygen atoms in total. The Hall–Kier alpha value is -0.220. The topological polar surface area (TPSA) is 15.8 Å². The smallest absolute Gasteiger partial charge is 0.0659 e. The SMILES string of the molecule is Cc1c(I)ccc2c(Cl)c[nH]c12. The Balaban J connectivity index is 2.93. The summed E-state index contributed by atoms with van der Waals surface area (Å²) in [6.07, 6.45) is 1.83. The summed E-state index contributed by atoms with van der Waals surface area (Å²) in [5.41, 5.74) is 2.41. The monoisotopic (exact) mass is 291 g/mol. The average molecular weight is 292 g/mol. The van der Waals surface area contributed by atoms with Crippen LogP contribution >= 0.6 is 34.2 Å². The molecule has 0 aliphatic heterocycles. The molecule has 2 aromatic rings. The Bertz CT molecular complexity index is 433. The van der Waals surface area contributed by atoms with Crippen molar-refractivity contribution in [1.82, 2.24) is 4.98 Å². The number of hydrogen-bond donors (Lipinski definition) is 1. The van der Waals surface area contributed by atoms with Gasteiger partial charge in [0.05, 0.1) is 10.5 Å². The zero-order chi connectivity index (χ0) is 8.72. The summed E-state index contributed by atoms with van der Waals surface area (Å²) in [6.45, 7) is 2.09. The second-order valence-electron chi connectivity index (χ2n) is 2.73. The van der Waals surface area contributed by atoms with E-state index in [9.17, 15) is 0 Å². The van der Waals surface area contributed by atoms with E-state index in [2.05, 4.69) is 40.6 Å². The Morgan fingerprint density at radius 1 is 1.42 bits per heavy atom. The van der Waals surface area contributed by atoms with Gasteiger partial charge in [-0.05, 0) is 41.1 Å². The van der Waals surface area contributed by atoms with Crippen LogP contribution in [0.5, 0.6) is 0 Å². The third-order valence-corrected chi connectivity index (χ3v) is 3.48. The molecule has 1 N–H and O–H groups in total. The van der Waals surface area contributed by atoms with Crippen molar-refractivity contribution in [2.24, 2.45) is 0 Å². The molecule has 0 aliphatic rings. The molecule has 1 aromatic carbocycles. The second kappa shape index (κ2) is 2.92. The van der Waals surface area contributed by atoms with E-state index in [1.54, 1.807) is 0 Å². The molecular weight excluding hydrogens is 284 g/mol. The molecular formula is C9H7ClIN. The second-order valence-corrected chi connectivity index (χ2v) is 4.30. The van der Waals surface area contributed by atoms with Crippen molar-refractivity contribution in [2.75, 3.05) is 0 Å². The van der Waals surface area contributed by atoms with Crippen molar-refractivity contribution in [2.45, 2.75) is 6.92 Å². The fraction of sp³-hybridized carbons (Fsp3) is 0.111. The number of hydrogen-bond acceptors (Lipinski definition) is 0. The van der Waals surface area contributed by atoms with Crippen LogP contribution in [-0.4, -0.2) is 4.98 Å². The number of benzene rings is 1. The lowest BCUT2D eigenvalue weighted by Crippen LogP contribution is -1.80. The first kappa shape index (κ1) is 8.38. The van der Waals surface area contributed by atoms with Gasteiger partial charge in [-0.25, -0.2) is 0 Å². The van der Waals surface area contributed by atoms with E-state index in [-0.39, 0.29) is 0 Å². The molecule has 0 aliphatic carbocycles. The van der Waals surface area contributed by atoms with Crippen LogP contribution in [0.25, 0.3) is 10.9 Å². The van der Waals surface area contributed by atoms with Crippen LogP contribution in [0.3, 0.4) is 0 Å². The number of nitrogens with one attached hydrogen (secondary N) is 1. The van der Waals surface area contributed by atoms with E-state index in [0.717, 1.165) is 15.9 Å². The minimum Gasteiger partial charge on any atom is -0.359 e. The number of H-pyrrole nitrogens is 1. The van der Waals surface area contributed by atoms with Crippen LogP contribution in [0.4, 0.5) is 0 Å². The van der Waals surface area contributed by atoms with Gasteiger partial charge in [0, 0.05) is 15.2 Å². The van der Waals surface area contributed by atoms with Crippen LogP contribution in [0.15, 0.2) is 18.3 Å². The lowest BCUT2D eigenvalue weighted by atomic mass is 10.2. The third-order valence-electron chi connectivity index (χ3n) is 2.00. The number of aryl methyl sites for hydroxylation is 1. The summed E-state index contributed by atoms with van der Waals surface area (Å²) >= 11 is 8.28. The number of halogens is 2. The van der Waals surface area contributed by atoms with Crippen LogP contribution in [0, 0.1) is 10.5 Å². The summed E-state index contributed by atoms with van der Waals surface area (Å²) in [4.78, 5) is 3.16. The highest BCUT2D eigenvalue weighted by molar-refractivity contribution is 14.1. The molecule has 0 saturated heterocycles. The number of fused-ring (bicyclic) bond motifs is 1. The molecule has 62 valence electrons. The fourth-order valence-electron chi connectivity index (χ4n) is 1.28. The molecule has 2 rings (SSSR count). The molecule has 0 bridgehead atoms. The highest BCUT2D eigenvalue weighted by Gasteiger charge is 2.05. The zero-order valence-corrected chi connectivity index (χ0v) is 9.40. The largest absolute Gasteiger partial charge is 0.359 e. The number of rotatable bonds is 0. The molecule has 12 heavy (non-hydrogen) atoms. The van der Waals surface area contributed by atoms with Crippen LogP contribution in [0.1, 0.15) is 5.56 Å². The molecule has 0 unspecified atom stereocenters. The van der Waals surface area contributed by atoms with Gasteiger partial charge < -0.3 is 4.98 Å². The van der Waals surface area contributed by atoms with Gasteiger partial charge in [-0.2, -0.15) is 0 Å². The van der Waals surface area contributed by atoms with E-state index in [4.69, 9.17) is 11.6 Å². The molecule has 0 fully saturated rings. The Labute approximate surface area is 89.3 Å². The normalized spacial score (nSPS) is 10.9. The van der Waals surface area contributed by atoms with Gasteiger partial charge in [-0.3, -0.25) is 0 Å². The molecule has 0 radical (unpaired) electrons. The summed E-state index contributed by atoms with van der Waals surface area (Å²) in [6, 6.07) is 4.13. The standard InChI is InChI=1S/C9H7ClIN/c1-5-8(11)3-2-6-7(10)4-12-9(5)6/h2-4,12H,1H3. The van der Waals surface area contributed by atoms with Crippen molar-refractivity contribution in [3.8, 4) is 0 Å². The minimum atomic E-state index is 0.796. The van der Waals surface area contributed by atoms with Gasteiger partial charge in [-0.15, -0.1) is 0 Å². The quantitative estimate of drug-likeness (QED) is 0.712. The molecule has 0 spiro atoms. The van der Waals surface area contributed by atoms with E-state index in [0.29, 0.717) is 0 Å². The van der Waals surface area contributed by atoms with Crippen molar-refractivity contribution in [1.29, 1.82) is 0 Å². The van der Waals surface area contributed by atoms with Gasteiger partial charge in [0.25, 0.3) is 0 Å². The van der Waals surface area contributed by atoms with E-state index >= 15 is 0 Å². The number of aromatic amines is 1. The van der Waals surface area contributed by atoms with E-state index in [1.807, 2.05) is 12.3 Å². The van der Waals surface area contributed by atoms with Crippen molar-refractivity contribution in [3.05, 3.63) is 32.5 Å². The van der Waals surface area contributed by atoms with Gasteiger partial charge in [0.2, 0.25) is 0 Å². The molecule has 1 heterocycles. The summed E-state index contributed by atoms with van der Waals surface area (Å²) < 4.78 is 1.26. The van der Waals surface area contributed by atoms with Crippen molar-refractivity contribution in [3.63, 3.8) is 0 Å². The van der Waals surface area contributed by atoms with Gasteiger partial charge in [0.1, 0.15) is 0 Å². The summed E-state index contributed by atoms with van der Waals surface area (Å²) in [5.74, 6) is 0. The predicted octanol–water partition coefficient (Wildman–Crippen LogP) is 3.73. The minimum absolute atomic E-state index is 0.796. The van der Waals surface area contributed by atoms with E-state index in [1.165, 1.54) is 9.13 Å². The van der Waals surface area contributed by atoms with Crippen LogP contribution in [0.2, 0.25) is 5.02 Å². The van der Waals surface area contributed by atoms with Gasteiger partial charge in [-0.1, -0.05) is 17.7 Å². The first-order chi connectivity index (χ1) is 5.70. The van der Waals surface area contributed by atoms with Crippen LogP contribution < -0.4 is 0 Å². The van der Waals surface area contributed by atoms with Crippen molar-refractivity contribution < 1.29 is 0 Å². The molecule has 3 heteroatoms. The maximum Gasteiger partial charge on any atom is 0.0659 e. The molecule has 0 amide bonds. The fourth-order valence-corrected chi connectivity index (χ4v) is 1.95. The van der Waals surface area contributed by atoms with E-state index < -0.39 is 0 Å².